The monoisotopic (exact) mass is 266 g/mol. The molecule has 0 heterocycles. The molecule has 1 nitrogen and oxygen atoms in total. The number of hydrogen-bond donors (Lipinski definition) is 1. The summed E-state index contributed by atoms with van der Waals surface area (Å²) in [6.45, 7) is 0. The van der Waals surface area contributed by atoms with E-state index in [1.54, 1.807) is 24.3 Å². The molecule has 0 radical (unpaired) electrons. The van der Waals surface area contributed by atoms with E-state index in [0.29, 0.717) is 4.47 Å². The summed E-state index contributed by atoms with van der Waals surface area (Å²) in [6, 6.07) is 11.4. The molecule has 2 aromatic rings. The van der Waals surface area contributed by atoms with Gasteiger partial charge in [0.15, 0.2) is 0 Å². The van der Waals surface area contributed by atoms with Crippen molar-refractivity contribution in [1.82, 2.24) is 0 Å². The van der Waals surface area contributed by atoms with E-state index in [1.807, 2.05) is 6.07 Å². The van der Waals surface area contributed by atoms with Crippen molar-refractivity contribution >= 4 is 15.9 Å². The number of halogens is 2. The van der Waals surface area contributed by atoms with Crippen molar-refractivity contribution in [3.05, 3.63) is 52.8 Å². The van der Waals surface area contributed by atoms with E-state index in [9.17, 15) is 9.50 Å². The van der Waals surface area contributed by atoms with Crippen LogP contribution in [0.25, 0.3) is 11.1 Å². The van der Waals surface area contributed by atoms with Crippen molar-refractivity contribution in [1.29, 1.82) is 0 Å². The van der Waals surface area contributed by atoms with Gasteiger partial charge in [0.2, 0.25) is 0 Å². The molecule has 0 aromatic heterocycles. The normalized spacial score (nSPS) is 10.3. The predicted octanol–water partition coefficient (Wildman–Crippen LogP) is 3.96. The third kappa shape index (κ3) is 2.18. The van der Waals surface area contributed by atoms with E-state index in [2.05, 4.69) is 15.9 Å². The molecule has 0 aliphatic rings. The topological polar surface area (TPSA) is 20.2 Å². The highest BCUT2D eigenvalue weighted by Gasteiger charge is 2.02. The van der Waals surface area contributed by atoms with Crippen molar-refractivity contribution in [2.24, 2.45) is 0 Å². The van der Waals surface area contributed by atoms with Crippen LogP contribution in [-0.4, -0.2) is 5.11 Å². The van der Waals surface area contributed by atoms with Crippen LogP contribution >= 0.6 is 15.9 Å². The molecule has 15 heavy (non-hydrogen) atoms. The number of aromatic hydroxyl groups is 1. The van der Waals surface area contributed by atoms with Crippen LogP contribution in [0, 0.1) is 5.82 Å². The van der Waals surface area contributed by atoms with E-state index in [-0.39, 0.29) is 11.6 Å². The third-order valence-electron chi connectivity index (χ3n) is 2.10. The van der Waals surface area contributed by atoms with Gasteiger partial charge >= 0.3 is 0 Å². The van der Waals surface area contributed by atoms with Gasteiger partial charge in [-0.05, 0) is 51.3 Å². The Morgan fingerprint density at radius 1 is 1.00 bits per heavy atom. The predicted molar refractivity (Wildman–Crippen MR) is 61.2 cm³/mol. The van der Waals surface area contributed by atoms with Crippen LogP contribution in [-0.2, 0) is 0 Å². The zero-order chi connectivity index (χ0) is 10.8. The summed E-state index contributed by atoms with van der Waals surface area (Å²) < 4.78 is 13.6. The average molecular weight is 267 g/mol. The van der Waals surface area contributed by atoms with Crippen LogP contribution in [0.1, 0.15) is 0 Å². The molecule has 0 saturated carbocycles. The summed E-state index contributed by atoms with van der Waals surface area (Å²) in [5.74, 6) is -0.133. The van der Waals surface area contributed by atoms with Gasteiger partial charge in [-0.25, -0.2) is 4.39 Å². The third-order valence-corrected chi connectivity index (χ3v) is 2.77. The Balaban J connectivity index is 2.50. The molecule has 1 N–H and O–H groups in total. The highest BCUT2D eigenvalue weighted by atomic mass is 79.9. The number of benzene rings is 2. The van der Waals surface area contributed by atoms with Crippen molar-refractivity contribution < 1.29 is 9.50 Å². The van der Waals surface area contributed by atoms with Crippen LogP contribution in [0.2, 0.25) is 0 Å². The van der Waals surface area contributed by atoms with Gasteiger partial charge in [0.05, 0.1) is 4.47 Å². The van der Waals surface area contributed by atoms with Crippen LogP contribution in [0.4, 0.5) is 4.39 Å². The second-order valence-corrected chi connectivity index (χ2v) is 4.03. The molecule has 0 bridgehead atoms. The first-order chi connectivity index (χ1) is 7.16. The van der Waals surface area contributed by atoms with Crippen molar-refractivity contribution in [3.63, 3.8) is 0 Å². The molecule has 0 saturated heterocycles. The maximum Gasteiger partial charge on any atom is 0.130 e. The van der Waals surface area contributed by atoms with Gasteiger partial charge in [-0.2, -0.15) is 0 Å². The average Bonchev–Trinajstić information content (AvgIpc) is 2.22. The lowest BCUT2D eigenvalue weighted by molar-refractivity contribution is 0.472. The Morgan fingerprint density at radius 2 is 1.73 bits per heavy atom. The summed E-state index contributed by atoms with van der Waals surface area (Å²) in [7, 11) is 0. The smallest absolute Gasteiger partial charge is 0.130 e. The summed E-state index contributed by atoms with van der Waals surface area (Å²) in [4.78, 5) is 0. The number of phenolic OH excluding ortho intramolecular Hbond substituents is 1. The van der Waals surface area contributed by atoms with E-state index < -0.39 is 0 Å². The van der Waals surface area contributed by atoms with Crippen LogP contribution in [0.15, 0.2) is 46.9 Å². The molecule has 0 aliphatic carbocycles. The number of phenols is 1. The van der Waals surface area contributed by atoms with E-state index in [4.69, 9.17) is 0 Å². The standard InChI is InChI=1S/C12H8BrFO/c13-11-5-4-9(7-12(11)15)8-2-1-3-10(14)6-8/h1-7,15H. The van der Waals surface area contributed by atoms with Gasteiger partial charge < -0.3 is 5.11 Å². The van der Waals surface area contributed by atoms with E-state index >= 15 is 0 Å². The zero-order valence-electron chi connectivity index (χ0n) is 7.74. The van der Waals surface area contributed by atoms with Crippen molar-refractivity contribution in [2.45, 2.75) is 0 Å². The molecule has 2 aromatic carbocycles. The molecule has 76 valence electrons. The fourth-order valence-corrected chi connectivity index (χ4v) is 1.61. The van der Waals surface area contributed by atoms with Gasteiger partial charge in [0.25, 0.3) is 0 Å². The minimum absolute atomic E-state index is 0.150. The van der Waals surface area contributed by atoms with Gasteiger partial charge in [0.1, 0.15) is 11.6 Å². The molecule has 0 aliphatic heterocycles. The molecule has 3 heteroatoms. The number of hydrogen-bond acceptors (Lipinski definition) is 1. The Hall–Kier alpha value is -1.35. The van der Waals surface area contributed by atoms with E-state index in [0.717, 1.165) is 11.1 Å². The van der Waals surface area contributed by atoms with Gasteiger partial charge in [-0.1, -0.05) is 18.2 Å². The Bertz CT molecular complexity index is 497. The second-order valence-electron chi connectivity index (χ2n) is 3.18. The second kappa shape index (κ2) is 4.03. The van der Waals surface area contributed by atoms with Crippen molar-refractivity contribution in [3.8, 4) is 16.9 Å². The van der Waals surface area contributed by atoms with Gasteiger partial charge in [-0.15, -0.1) is 0 Å². The van der Waals surface area contributed by atoms with Crippen LogP contribution in [0.3, 0.4) is 0 Å². The molecule has 0 amide bonds. The maximum atomic E-state index is 13.0. The number of rotatable bonds is 1. The minimum atomic E-state index is -0.282. The fraction of sp³-hybridized carbons (Fsp3) is 0. The molecule has 0 spiro atoms. The van der Waals surface area contributed by atoms with Crippen LogP contribution < -0.4 is 0 Å². The molecular weight excluding hydrogens is 259 g/mol. The highest BCUT2D eigenvalue weighted by Crippen LogP contribution is 2.29. The quantitative estimate of drug-likeness (QED) is 0.829. The Morgan fingerprint density at radius 3 is 2.40 bits per heavy atom. The fourth-order valence-electron chi connectivity index (χ4n) is 1.36. The first-order valence-corrected chi connectivity index (χ1v) is 5.20. The molecule has 0 atom stereocenters. The summed E-state index contributed by atoms with van der Waals surface area (Å²) >= 11 is 3.19. The molecule has 2 rings (SSSR count). The first kappa shape index (κ1) is 10.2. The zero-order valence-corrected chi connectivity index (χ0v) is 9.33. The molecule has 0 unspecified atom stereocenters. The van der Waals surface area contributed by atoms with E-state index in [1.165, 1.54) is 12.1 Å². The maximum absolute atomic E-state index is 13.0. The SMILES string of the molecule is Oc1cc(-c2cccc(F)c2)ccc1Br. The van der Waals surface area contributed by atoms with Crippen molar-refractivity contribution in [2.75, 3.05) is 0 Å². The minimum Gasteiger partial charge on any atom is -0.507 e. The largest absolute Gasteiger partial charge is 0.507 e. The highest BCUT2D eigenvalue weighted by molar-refractivity contribution is 9.10. The molecule has 0 fully saturated rings. The lowest BCUT2D eigenvalue weighted by Gasteiger charge is -2.03. The van der Waals surface area contributed by atoms with Crippen LogP contribution in [0.5, 0.6) is 5.75 Å². The summed E-state index contributed by atoms with van der Waals surface area (Å²) in [6.07, 6.45) is 0. The summed E-state index contributed by atoms with van der Waals surface area (Å²) in [5.41, 5.74) is 1.54. The lowest BCUT2D eigenvalue weighted by atomic mass is 10.1. The summed E-state index contributed by atoms with van der Waals surface area (Å²) in [5, 5.41) is 9.49. The van der Waals surface area contributed by atoms with Gasteiger partial charge in [-0.3, -0.25) is 0 Å². The Kier molecular flexibility index (Phi) is 2.73. The van der Waals surface area contributed by atoms with Gasteiger partial charge in [0, 0.05) is 0 Å². The first-order valence-electron chi connectivity index (χ1n) is 4.41. The lowest BCUT2D eigenvalue weighted by Crippen LogP contribution is -1.80. The Labute approximate surface area is 95.3 Å². The molecular formula is C12H8BrFO.